The molecule has 2 aliphatic rings. The second-order valence-electron chi connectivity index (χ2n) is 10.9. The van der Waals surface area contributed by atoms with Gasteiger partial charge in [0.1, 0.15) is 6.61 Å². The van der Waals surface area contributed by atoms with E-state index in [2.05, 4.69) is 36.8 Å². The zero-order valence-corrected chi connectivity index (χ0v) is 25.6. The summed E-state index contributed by atoms with van der Waals surface area (Å²) in [7, 11) is -3.68. The molecule has 3 heterocycles. The molecule has 2 aromatic carbocycles. The van der Waals surface area contributed by atoms with Crippen molar-refractivity contribution in [3.05, 3.63) is 72.0 Å². The molecule has 0 spiro atoms. The number of anilines is 6. The molecule has 2 saturated heterocycles. The van der Waals surface area contributed by atoms with Crippen LogP contribution >= 0.6 is 0 Å². The molecule has 3 aromatic rings. The summed E-state index contributed by atoms with van der Waals surface area (Å²) in [5, 5.41) is 7.44. The van der Waals surface area contributed by atoms with Gasteiger partial charge in [0.15, 0.2) is 11.6 Å². The lowest BCUT2D eigenvalue weighted by Crippen LogP contribution is -2.38. The van der Waals surface area contributed by atoms with Crippen molar-refractivity contribution in [1.29, 1.82) is 0 Å². The summed E-state index contributed by atoms with van der Waals surface area (Å²) < 4.78 is 52.3. The van der Waals surface area contributed by atoms with E-state index < -0.39 is 21.9 Å². The molecule has 0 unspecified atom stereocenters. The predicted octanol–water partition coefficient (Wildman–Crippen LogP) is 5.24. The normalized spacial score (nSPS) is 17.8. The molecule has 2 aliphatic heterocycles. The van der Waals surface area contributed by atoms with Gasteiger partial charge in [-0.25, -0.2) is 22.6 Å². The summed E-state index contributed by atoms with van der Waals surface area (Å²) in [6.07, 6.45) is 0.416. The Morgan fingerprint density at radius 1 is 1.09 bits per heavy atom. The third-order valence-corrected chi connectivity index (χ3v) is 8.44. The molecule has 1 aromatic heterocycles. The maximum Gasteiger partial charge on any atom is 0.416 e. The van der Waals surface area contributed by atoms with Crippen LogP contribution in [0.5, 0.6) is 0 Å². The van der Waals surface area contributed by atoms with Crippen molar-refractivity contribution in [2.75, 3.05) is 58.1 Å². The Balaban J connectivity index is 1.29. The number of ether oxygens (including phenoxy) is 2. The number of aromatic nitrogens is 2. The summed E-state index contributed by atoms with van der Waals surface area (Å²) in [5.74, 6) is -0.588. The second kappa shape index (κ2) is 13.1. The van der Waals surface area contributed by atoms with E-state index in [4.69, 9.17) is 9.47 Å². The van der Waals surface area contributed by atoms with Gasteiger partial charge in [0.25, 0.3) is 10.0 Å². The number of hydrogen-bond acceptors (Lipinski definition) is 10. The predicted molar refractivity (Wildman–Crippen MR) is 168 cm³/mol. The van der Waals surface area contributed by atoms with Gasteiger partial charge in [-0.3, -0.25) is 9.62 Å². The third-order valence-electron chi connectivity index (χ3n) is 7.50. The molecule has 12 nitrogen and oxygen atoms in total. The van der Waals surface area contributed by atoms with E-state index in [9.17, 15) is 17.6 Å². The van der Waals surface area contributed by atoms with Crippen LogP contribution in [0.4, 0.5) is 43.7 Å². The summed E-state index contributed by atoms with van der Waals surface area (Å²) in [6.45, 7) is 11.7. The Morgan fingerprint density at radius 2 is 1.80 bits per heavy atom. The van der Waals surface area contributed by atoms with Crippen LogP contribution in [-0.2, 0) is 19.5 Å². The molecule has 1 amide bonds. The van der Waals surface area contributed by atoms with Crippen molar-refractivity contribution in [1.82, 2.24) is 9.97 Å². The zero-order chi connectivity index (χ0) is 31.4. The van der Waals surface area contributed by atoms with Crippen molar-refractivity contribution < 1.29 is 27.1 Å². The highest BCUT2D eigenvalue weighted by molar-refractivity contribution is 7.95. The van der Waals surface area contributed by atoms with Crippen molar-refractivity contribution in [2.24, 2.45) is 5.92 Å². The maximum atomic E-state index is 14.7. The number of carbonyl (C=O) groups excluding carboxylic acids is 1. The second-order valence-corrected chi connectivity index (χ2v) is 12.5. The molecular formula is C30H36FN7O5S. The van der Waals surface area contributed by atoms with Gasteiger partial charge in [-0.1, -0.05) is 32.6 Å². The van der Waals surface area contributed by atoms with Gasteiger partial charge in [0.05, 0.1) is 42.9 Å². The number of carbonyl (C=O) groups is 1. The Labute approximate surface area is 256 Å². The number of halogens is 1. The quantitative estimate of drug-likeness (QED) is 0.260. The van der Waals surface area contributed by atoms with Crippen LogP contribution in [0.1, 0.15) is 32.4 Å². The van der Waals surface area contributed by atoms with Gasteiger partial charge in [-0.15, -0.1) is 0 Å². The van der Waals surface area contributed by atoms with Crippen molar-refractivity contribution >= 4 is 50.6 Å². The van der Waals surface area contributed by atoms with Gasteiger partial charge >= 0.3 is 6.09 Å². The van der Waals surface area contributed by atoms with E-state index >= 15 is 0 Å². The largest absolute Gasteiger partial charge is 0.447 e. The molecule has 5 rings (SSSR count). The van der Waals surface area contributed by atoms with E-state index in [0.717, 1.165) is 34.2 Å². The number of nitrogens with zero attached hydrogens (tertiary/aromatic N) is 4. The first-order valence-electron chi connectivity index (χ1n) is 14.3. The number of benzene rings is 2. The van der Waals surface area contributed by atoms with Crippen molar-refractivity contribution in [3.63, 3.8) is 0 Å². The van der Waals surface area contributed by atoms with E-state index in [1.807, 2.05) is 51.1 Å². The maximum absolute atomic E-state index is 14.7. The van der Waals surface area contributed by atoms with Gasteiger partial charge in [0.2, 0.25) is 5.95 Å². The number of sulfonamides is 1. The van der Waals surface area contributed by atoms with Crippen LogP contribution in [0.3, 0.4) is 0 Å². The summed E-state index contributed by atoms with van der Waals surface area (Å²) >= 11 is 0. The minimum atomic E-state index is -3.68. The van der Waals surface area contributed by atoms with Crippen LogP contribution in [0, 0.1) is 11.7 Å². The average molecular weight is 626 g/mol. The highest BCUT2D eigenvalue weighted by atomic mass is 32.2. The van der Waals surface area contributed by atoms with E-state index in [1.54, 1.807) is 12.1 Å². The summed E-state index contributed by atoms with van der Waals surface area (Å²) in [6, 6.07) is 12.6. The lowest BCUT2D eigenvalue weighted by Gasteiger charge is -2.31. The molecule has 0 aliphatic carbocycles. The number of morpholine rings is 1. The zero-order valence-electron chi connectivity index (χ0n) is 24.8. The molecule has 0 saturated carbocycles. The Bertz CT molecular complexity index is 1610. The van der Waals surface area contributed by atoms with E-state index in [-0.39, 0.29) is 36.4 Å². The molecule has 44 heavy (non-hydrogen) atoms. The number of cyclic esters (lactones) is 1. The molecule has 3 N–H and O–H groups in total. The van der Waals surface area contributed by atoms with E-state index in [1.165, 1.54) is 4.90 Å². The topological polar surface area (TPSA) is 138 Å². The highest BCUT2D eigenvalue weighted by Crippen LogP contribution is 2.33. The van der Waals surface area contributed by atoms with Crippen LogP contribution in [0.2, 0.25) is 0 Å². The smallest absolute Gasteiger partial charge is 0.416 e. The lowest BCUT2D eigenvalue weighted by atomic mass is 10.0. The Kier molecular flexibility index (Phi) is 9.20. The first kappa shape index (κ1) is 31.0. The van der Waals surface area contributed by atoms with Crippen LogP contribution < -0.4 is 25.2 Å². The Morgan fingerprint density at radius 3 is 2.48 bits per heavy atom. The number of nitrogens with one attached hydrogen (secondary N) is 3. The monoisotopic (exact) mass is 625 g/mol. The first-order valence-corrected chi connectivity index (χ1v) is 15.8. The van der Waals surface area contributed by atoms with Crippen molar-refractivity contribution in [3.8, 4) is 0 Å². The fourth-order valence-electron chi connectivity index (χ4n) is 5.02. The average Bonchev–Trinajstić information content (AvgIpc) is 3.41. The SMILES string of the molecule is C=CS(=O)(=O)Nc1ccc(Nc2ccc([C@H](C)Nc3ncc(F)c(N4C(=O)OC[C@@H]4C(C)C)n3)cc2)cc1N1CCOCC1. The summed E-state index contributed by atoms with van der Waals surface area (Å²) in [5.41, 5.74) is 3.72. The molecule has 2 atom stereocenters. The fraction of sp³-hybridized carbons (Fsp3) is 0.367. The first-order chi connectivity index (χ1) is 21.0. The van der Waals surface area contributed by atoms with Crippen molar-refractivity contribution in [2.45, 2.75) is 32.9 Å². The van der Waals surface area contributed by atoms with Gasteiger partial charge in [-0.05, 0) is 48.7 Å². The van der Waals surface area contributed by atoms with Crippen LogP contribution in [0.25, 0.3) is 0 Å². The molecular weight excluding hydrogens is 589 g/mol. The van der Waals surface area contributed by atoms with Crippen LogP contribution in [0.15, 0.2) is 60.6 Å². The van der Waals surface area contributed by atoms with Gasteiger partial charge in [-0.2, -0.15) is 4.98 Å². The fourth-order valence-corrected chi connectivity index (χ4v) is 5.58. The summed E-state index contributed by atoms with van der Waals surface area (Å²) in [4.78, 5) is 24.1. The number of hydrogen-bond donors (Lipinski definition) is 3. The minimum Gasteiger partial charge on any atom is -0.447 e. The number of amides is 1. The third kappa shape index (κ3) is 7.03. The standard InChI is InChI=1S/C30H36FN7O5S/c1-5-44(40,41)36-25-11-10-23(16-26(25)37-12-14-42-15-13-37)34-22-8-6-21(7-9-22)20(4)33-29-32-17-24(31)28(35-29)38-27(19(2)3)18-43-30(38)39/h5-11,16-17,19-20,27,34,36H,1,12-15,18H2,2-4H3,(H,32,33,35)/t20-,27+/m0/s1. The number of rotatable bonds is 11. The molecule has 0 radical (unpaired) electrons. The minimum absolute atomic E-state index is 0.0484. The highest BCUT2D eigenvalue weighted by Gasteiger charge is 2.39. The molecule has 14 heteroatoms. The Hall–Kier alpha value is -4.43. The van der Waals surface area contributed by atoms with E-state index in [0.29, 0.717) is 32.0 Å². The molecule has 0 bridgehead atoms. The van der Waals surface area contributed by atoms with Gasteiger partial charge in [0, 0.05) is 29.9 Å². The lowest BCUT2D eigenvalue weighted by molar-refractivity contribution is 0.123. The molecule has 2 fully saturated rings. The van der Waals surface area contributed by atoms with Gasteiger partial charge < -0.3 is 25.0 Å². The molecule has 234 valence electrons. The van der Waals surface area contributed by atoms with Crippen LogP contribution in [-0.4, -0.2) is 63.4 Å².